The zero-order chi connectivity index (χ0) is 16.7. The molecule has 1 aliphatic heterocycles. The number of ketones is 1. The highest BCUT2D eigenvalue weighted by atomic mass is 35.5. The van der Waals surface area contributed by atoms with E-state index >= 15 is 0 Å². The van der Waals surface area contributed by atoms with Gasteiger partial charge in [0.25, 0.3) is 0 Å². The van der Waals surface area contributed by atoms with Crippen LogP contribution < -0.4 is 4.74 Å². The summed E-state index contributed by atoms with van der Waals surface area (Å²) in [4.78, 5) is 25.2. The first-order valence-corrected chi connectivity index (χ1v) is 8.12. The minimum Gasteiger partial charge on any atom is -0.468 e. The average molecular weight is 352 g/mol. The Morgan fingerprint density at radius 2 is 2.13 bits per heavy atom. The number of rotatable bonds is 3. The third-order valence-corrected chi connectivity index (χ3v) is 5.26. The molecule has 3 rings (SSSR count). The number of hydrogen-bond acceptors (Lipinski definition) is 4. The van der Waals surface area contributed by atoms with Gasteiger partial charge in [-0.2, -0.15) is 0 Å². The fourth-order valence-electron chi connectivity index (χ4n) is 2.46. The van der Waals surface area contributed by atoms with Crippen LogP contribution in [0.2, 0.25) is 5.02 Å². The van der Waals surface area contributed by atoms with Crippen LogP contribution in [0.3, 0.4) is 0 Å². The van der Waals surface area contributed by atoms with Crippen LogP contribution in [-0.2, 0) is 6.42 Å². The second-order valence-electron chi connectivity index (χ2n) is 5.34. The highest BCUT2D eigenvalue weighted by molar-refractivity contribution is 7.17. The average Bonchev–Trinajstić information content (AvgIpc) is 3.13. The van der Waals surface area contributed by atoms with E-state index in [1.807, 2.05) is 12.1 Å². The molecule has 1 atom stereocenters. The lowest BCUT2D eigenvalue weighted by molar-refractivity contribution is 0.0608. The van der Waals surface area contributed by atoms with Gasteiger partial charge in [0.15, 0.2) is 12.0 Å². The molecule has 23 heavy (non-hydrogen) atoms. The van der Waals surface area contributed by atoms with Crippen LogP contribution >= 0.6 is 22.9 Å². The molecule has 1 amide bonds. The van der Waals surface area contributed by atoms with Crippen molar-refractivity contribution < 1.29 is 19.4 Å². The molecule has 0 aliphatic carbocycles. The summed E-state index contributed by atoms with van der Waals surface area (Å²) >= 11 is 7.70. The summed E-state index contributed by atoms with van der Waals surface area (Å²) in [5.74, 6) is 0.553. The van der Waals surface area contributed by atoms with Crippen LogP contribution in [0, 0.1) is 0 Å². The molecule has 0 radical (unpaired) electrons. The van der Waals surface area contributed by atoms with E-state index in [1.165, 1.54) is 25.3 Å². The molecule has 0 bridgehead atoms. The number of benzene rings is 1. The van der Waals surface area contributed by atoms with Crippen LogP contribution in [0.5, 0.6) is 5.75 Å². The lowest BCUT2D eigenvalue weighted by Crippen LogP contribution is -2.38. The molecular formula is C16H14ClNO4S. The van der Waals surface area contributed by atoms with Gasteiger partial charge in [-0.1, -0.05) is 11.6 Å². The van der Waals surface area contributed by atoms with Gasteiger partial charge >= 0.3 is 6.09 Å². The van der Waals surface area contributed by atoms with E-state index in [2.05, 4.69) is 0 Å². The normalized spacial score (nSPS) is 15.9. The number of amides is 1. The van der Waals surface area contributed by atoms with Gasteiger partial charge in [-0.3, -0.25) is 9.69 Å². The predicted molar refractivity (Wildman–Crippen MR) is 88.7 cm³/mol. The molecular weight excluding hydrogens is 338 g/mol. The van der Waals surface area contributed by atoms with Gasteiger partial charge in [-0.15, -0.1) is 11.3 Å². The molecule has 5 nitrogen and oxygen atoms in total. The number of carbonyl (C=O) groups is 2. The van der Waals surface area contributed by atoms with Crippen molar-refractivity contribution in [3.63, 3.8) is 0 Å². The van der Waals surface area contributed by atoms with Crippen LogP contribution in [0.25, 0.3) is 10.4 Å². The molecule has 0 fully saturated rings. The zero-order valence-electron chi connectivity index (χ0n) is 12.5. The summed E-state index contributed by atoms with van der Waals surface area (Å²) in [5, 5.41) is 9.50. The van der Waals surface area contributed by atoms with Gasteiger partial charge in [0.1, 0.15) is 5.75 Å². The van der Waals surface area contributed by atoms with Gasteiger partial charge in [-0.05, 0) is 36.8 Å². The summed E-state index contributed by atoms with van der Waals surface area (Å²) in [6.45, 7) is 1.53. The molecule has 0 saturated carbocycles. The first-order chi connectivity index (χ1) is 10.9. The number of nitrogens with zero attached hydrogens (tertiary/aromatic N) is 1. The Balaban J connectivity index is 1.93. The predicted octanol–water partition coefficient (Wildman–Crippen LogP) is 4.14. The number of ether oxygens (including phenoxy) is 1. The van der Waals surface area contributed by atoms with Crippen LogP contribution in [0.1, 0.15) is 22.2 Å². The second-order valence-corrected chi connectivity index (χ2v) is 6.83. The number of likely N-dealkylation sites (N-methyl/N-ethyl adjacent to an activating group) is 1. The molecule has 1 aromatic heterocycles. The van der Waals surface area contributed by atoms with E-state index in [0.29, 0.717) is 22.1 Å². The van der Waals surface area contributed by atoms with E-state index in [-0.39, 0.29) is 5.78 Å². The fraction of sp³-hybridized carbons (Fsp3) is 0.250. The van der Waals surface area contributed by atoms with Crippen LogP contribution in [0.15, 0.2) is 24.3 Å². The first kappa shape index (κ1) is 15.8. The zero-order valence-corrected chi connectivity index (χ0v) is 14.1. The van der Waals surface area contributed by atoms with Gasteiger partial charge in [0.05, 0.1) is 9.90 Å². The van der Waals surface area contributed by atoms with Gasteiger partial charge < -0.3 is 9.84 Å². The Hall–Kier alpha value is -2.05. The topological polar surface area (TPSA) is 66.8 Å². The SMILES string of the molecule is CC(=O)c1ccc(-c2cc(Cl)c3c(c2)CC(N(C)C(=O)O)O3)s1. The highest BCUT2D eigenvalue weighted by Gasteiger charge is 2.31. The van der Waals surface area contributed by atoms with E-state index in [0.717, 1.165) is 20.9 Å². The van der Waals surface area contributed by atoms with E-state index in [1.54, 1.807) is 12.1 Å². The van der Waals surface area contributed by atoms with E-state index < -0.39 is 12.3 Å². The quantitative estimate of drug-likeness (QED) is 0.844. The van der Waals surface area contributed by atoms with Crippen molar-refractivity contribution in [2.75, 3.05) is 7.05 Å². The Bertz CT molecular complexity index is 801. The molecule has 7 heteroatoms. The molecule has 1 unspecified atom stereocenters. The summed E-state index contributed by atoms with van der Waals surface area (Å²) in [5.41, 5.74) is 1.76. The van der Waals surface area contributed by atoms with Crippen LogP contribution in [-0.4, -0.2) is 35.2 Å². The summed E-state index contributed by atoms with van der Waals surface area (Å²) in [7, 11) is 1.46. The number of halogens is 1. The minimum atomic E-state index is -1.05. The molecule has 120 valence electrons. The number of carboxylic acid groups (broad SMARTS) is 1. The lowest BCUT2D eigenvalue weighted by atomic mass is 10.1. The second kappa shape index (κ2) is 5.86. The molecule has 0 saturated heterocycles. The van der Waals surface area contributed by atoms with E-state index in [9.17, 15) is 9.59 Å². The van der Waals surface area contributed by atoms with Crippen molar-refractivity contribution in [1.82, 2.24) is 4.90 Å². The van der Waals surface area contributed by atoms with Crippen molar-refractivity contribution in [2.45, 2.75) is 19.6 Å². The Kier molecular flexibility index (Phi) is 4.04. The molecule has 2 heterocycles. The Morgan fingerprint density at radius 1 is 1.39 bits per heavy atom. The third kappa shape index (κ3) is 2.92. The number of Topliss-reactive ketones (excluding diaryl/α,β-unsaturated/α-hetero) is 1. The Labute approximate surface area is 142 Å². The highest BCUT2D eigenvalue weighted by Crippen LogP contribution is 2.41. The fourth-order valence-corrected chi connectivity index (χ4v) is 3.64. The summed E-state index contributed by atoms with van der Waals surface area (Å²) in [6.07, 6.45) is -1.19. The maximum absolute atomic E-state index is 11.4. The maximum Gasteiger partial charge on any atom is 0.409 e. The maximum atomic E-state index is 11.4. The van der Waals surface area contributed by atoms with Crippen molar-refractivity contribution in [3.05, 3.63) is 39.7 Å². The molecule has 2 aromatic rings. The van der Waals surface area contributed by atoms with Gasteiger partial charge in [0.2, 0.25) is 0 Å². The lowest BCUT2D eigenvalue weighted by Gasteiger charge is -2.20. The van der Waals surface area contributed by atoms with Gasteiger partial charge in [0, 0.05) is 23.9 Å². The van der Waals surface area contributed by atoms with Gasteiger partial charge in [-0.25, -0.2) is 4.79 Å². The molecule has 1 aromatic carbocycles. The standard InChI is InChI=1S/C16H14ClNO4S/c1-8(19)12-3-4-13(23-12)9-5-10-7-14(18(2)16(20)21)22-15(10)11(17)6-9/h3-6,14H,7H2,1-2H3,(H,20,21). The van der Waals surface area contributed by atoms with Crippen molar-refractivity contribution in [3.8, 4) is 16.2 Å². The number of thiophene rings is 1. The Morgan fingerprint density at radius 3 is 2.74 bits per heavy atom. The first-order valence-electron chi connectivity index (χ1n) is 6.93. The monoisotopic (exact) mass is 351 g/mol. The molecule has 1 aliphatic rings. The minimum absolute atomic E-state index is 0.0278. The smallest absolute Gasteiger partial charge is 0.409 e. The third-order valence-electron chi connectivity index (χ3n) is 3.74. The van der Waals surface area contributed by atoms with Crippen molar-refractivity contribution >= 4 is 34.8 Å². The van der Waals surface area contributed by atoms with Crippen LogP contribution in [0.4, 0.5) is 4.79 Å². The molecule has 0 spiro atoms. The number of hydrogen-bond donors (Lipinski definition) is 1. The number of carbonyl (C=O) groups excluding carboxylic acids is 1. The van der Waals surface area contributed by atoms with E-state index in [4.69, 9.17) is 21.4 Å². The van der Waals surface area contributed by atoms with Crippen molar-refractivity contribution in [1.29, 1.82) is 0 Å². The largest absolute Gasteiger partial charge is 0.468 e. The summed E-state index contributed by atoms with van der Waals surface area (Å²) < 4.78 is 5.66. The summed E-state index contributed by atoms with van der Waals surface area (Å²) in [6, 6.07) is 7.39. The molecule has 1 N–H and O–H groups in total. The number of fused-ring (bicyclic) bond motifs is 1. The van der Waals surface area contributed by atoms with Crippen molar-refractivity contribution in [2.24, 2.45) is 0 Å².